The Bertz CT molecular complexity index is 653. The second-order valence-corrected chi connectivity index (χ2v) is 8.33. The summed E-state index contributed by atoms with van der Waals surface area (Å²) < 4.78 is 5.23. The molecule has 164 valence electrons. The monoisotopic (exact) mass is 405 g/mol. The predicted octanol–water partition coefficient (Wildman–Crippen LogP) is 3.11. The summed E-state index contributed by atoms with van der Waals surface area (Å²) in [6, 6.07) is 8.90. The highest BCUT2D eigenvalue weighted by molar-refractivity contribution is 5.79. The van der Waals surface area contributed by atoms with E-state index in [9.17, 15) is 4.79 Å². The van der Waals surface area contributed by atoms with Crippen molar-refractivity contribution in [2.45, 2.75) is 66.3 Å². The van der Waals surface area contributed by atoms with E-state index in [1.165, 1.54) is 11.1 Å². The molecule has 1 aromatic rings. The summed E-state index contributed by atoms with van der Waals surface area (Å²) in [5, 5.41) is 9.23. The van der Waals surface area contributed by atoms with Gasteiger partial charge >= 0.3 is 6.09 Å². The van der Waals surface area contributed by atoms with Gasteiger partial charge in [0, 0.05) is 32.2 Å². The van der Waals surface area contributed by atoms with Crippen LogP contribution in [-0.4, -0.2) is 55.3 Å². The van der Waals surface area contributed by atoms with Crippen molar-refractivity contribution in [1.29, 1.82) is 0 Å². The lowest BCUT2D eigenvalue weighted by Gasteiger charge is -2.22. The van der Waals surface area contributed by atoms with Gasteiger partial charge < -0.3 is 20.7 Å². The number of rotatable bonds is 9. The minimum absolute atomic E-state index is 0.413. The summed E-state index contributed by atoms with van der Waals surface area (Å²) in [6.45, 7) is 15.2. The SMILES string of the molecule is CCNC(=NCc1ccccc1CN(C)C(C)C)NCCNC(=O)OC(C)(C)C. The molecule has 7 nitrogen and oxygen atoms in total. The number of guanidine groups is 1. The summed E-state index contributed by atoms with van der Waals surface area (Å²) in [7, 11) is 2.13. The molecular formula is C22H39N5O2. The predicted molar refractivity (Wildman–Crippen MR) is 120 cm³/mol. The number of benzene rings is 1. The average Bonchev–Trinajstić information content (AvgIpc) is 2.62. The van der Waals surface area contributed by atoms with E-state index in [4.69, 9.17) is 9.73 Å². The van der Waals surface area contributed by atoms with Gasteiger partial charge in [0.1, 0.15) is 5.60 Å². The normalized spacial score (nSPS) is 12.2. The molecular weight excluding hydrogens is 366 g/mol. The lowest BCUT2D eigenvalue weighted by molar-refractivity contribution is 0.0529. The van der Waals surface area contributed by atoms with Crippen LogP contribution in [0.4, 0.5) is 4.79 Å². The summed E-state index contributed by atoms with van der Waals surface area (Å²) >= 11 is 0. The van der Waals surface area contributed by atoms with Crippen LogP contribution in [0.15, 0.2) is 29.3 Å². The lowest BCUT2D eigenvalue weighted by atomic mass is 10.1. The molecule has 0 spiro atoms. The number of alkyl carbamates (subject to hydrolysis) is 1. The second-order valence-electron chi connectivity index (χ2n) is 8.33. The molecule has 1 amide bonds. The topological polar surface area (TPSA) is 78.0 Å². The molecule has 29 heavy (non-hydrogen) atoms. The van der Waals surface area contributed by atoms with Gasteiger partial charge in [-0.25, -0.2) is 9.79 Å². The Morgan fingerprint density at radius 1 is 1.10 bits per heavy atom. The van der Waals surface area contributed by atoms with Crippen LogP contribution in [0, 0.1) is 0 Å². The third-order valence-electron chi connectivity index (χ3n) is 4.26. The fourth-order valence-corrected chi connectivity index (χ4v) is 2.48. The molecule has 3 N–H and O–H groups in total. The zero-order valence-electron chi connectivity index (χ0n) is 19.1. The number of hydrogen-bond acceptors (Lipinski definition) is 4. The summed E-state index contributed by atoms with van der Waals surface area (Å²) in [5.74, 6) is 0.727. The van der Waals surface area contributed by atoms with Gasteiger partial charge in [0.25, 0.3) is 0 Å². The average molecular weight is 406 g/mol. The zero-order chi connectivity index (χ0) is 21.9. The Morgan fingerprint density at radius 2 is 1.72 bits per heavy atom. The van der Waals surface area contributed by atoms with E-state index in [1.54, 1.807) is 0 Å². The molecule has 1 rings (SSSR count). The van der Waals surface area contributed by atoms with Crippen LogP contribution in [0.5, 0.6) is 0 Å². The van der Waals surface area contributed by atoms with Crippen LogP contribution in [0.2, 0.25) is 0 Å². The lowest BCUT2D eigenvalue weighted by Crippen LogP contribution is -2.42. The second kappa shape index (κ2) is 12.3. The number of nitrogens with zero attached hydrogens (tertiary/aromatic N) is 2. The molecule has 0 fully saturated rings. The Labute approximate surface area is 176 Å². The van der Waals surface area contributed by atoms with Crippen molar-refractivity contribution >= 4 is 12.1 Å². The van der Waals surface area contributed by atoms with E-state index in [0.29, 0.717) is 25.7 Å². The van der Waals surface area contributed by atoms with E-state index in [-0.39, 0.29) is 0 Å². The van der Waals surface area contributed by atoms with Crippen LogP contribution in [-0.2, 0) is 17.8 Å². The van der Waals surface area contributed by atoms with Gasteiger partial charge in [-0.1, -0.05) is 24.3 Å². The quantitative estimate of drug-likeness (QED) is 0.334. The van der Waals surface area contributed by atoms with Crippen LogP contribution in [0.1, 0.15) is 52.7 Å². The van der Waals surface area contributed by atoms with Crippen molar-refractivity contribution in [1.82, 2.24) is 20.9 Å². The van der Waals surface area contributed by atoms with Crippen LogP contribution in [0.25, 0.3) is 0 Å². The molecule has 0 saturated carbocycles. The highest BCUT2D eigenvalue weighted by atomic mass is 16.6. The minimum atomic E-state index is -0.495. The number of carbonyl (C=O) groups is 1. The molecule has 0 heterocycles. The van der Waals surface area contributed by atoms with Gasteiger partial charge in [0.2, 0.25) is 0 Å². The fraction of sp³-hybridized carbons (Fsp3) is 0.636. The molecule has 1 aromatic carbocycles. The Kier molecular flexibility index (Phi) is 10.5. The van der Waals surface area contributed by atoms with E-state index < -0.39 is 11.7 Å². The molecule has 7 heteroatoms. The Morgan fingerprint density at radius 3 is 2.31 bits per heavy atom. The molecule has 0 aliphatic heterocycles. The number of aliphatic imine (C=N–C) groups is 1. The summed E-state index contributed by atoms with van der Waals surface area (Å²) in [4.78, 5) is 18.7. The number of ether oxygens (including phenoxy) is 1. The third-order valence-corrected chi connectivity index (χ3v) is 4.26. The molecule has 0 unspecified atom stereocenters. The van der Waals surface area contributed by atoms with E-state index in [2.05, 4.69) is 66.0 Å². The molecule has 0 saturated heterocycles. The maximum Gasteiger partial charge on any atom is 0.407 e. The molecule has 0 bridgehead atoms. The highest BCUT2D eigenvalue weighted by Gasteiger charge is 2.15. The number of nitrogens with one attached hydrogen (secondary N) is 3. The van der Waals surface area contributed by atoms with Crippen molar-refractivity contribution in [3.63, 3.8) is 0 Å². The molecule has 0 atom stereocenters. The third kappa shape index (κ3) is 10.7. The van der Waals surface area contributed by atoms with Crippen LogP contribution < -0.4 is 16.0 Å². The molecule has 0 radical (unpaired) electrons. The summed E-state index contributed by atoms with van der Waals surface area (Å²) in [6.07, 6.45) is -0.413. The maximum atomic E-state index is 11.7. The van der Waals surface area contributed by atoms with Crippen molar-refractivity contribution in [2.75, 3.05) is 26.7 Å². The van der Waals surface area contributed by atoms with Crippen molar-refractivity contribution in [3.8, 4) is 0 Å². The highest BCUT2D eigenvalue weighted by Crippen LogP contribution is 2.13. The minimum Gasteiger partial charge on any atom is -0.444 e. The van der Waals surface area contributed by atoms with E-state index >= 15 is 0 Å². The maximum absolute atomic E-state index is 11.7. The van der Waals surface area contributed by atoms with Gasteiger partial charge in [-0.05, 0) is 59.7 Å². The van der Waals surface area contributed by atoms with Gasteiger partial charge in [0.05, 0.1) is 6.54 Å². The van der Waals surface area contributed by atoms with Crippen molar-refractivity contribution < 1.29 is 9.53 Å². The van der Waals surface area contributed by atoms with Crippen molar-refractivity contribution in [2.24, 2.45) is 4.99 Å². The smallest absolute Gasteiger partial charge is 0.407 e. The summed E-state index contributed by atoms with van der Waals surface area (Å²) in [5.41, 5.74) is 2.00. The van der Waals surface area contributed by atoms with E-state index in [0.717, 1.165) is 19.0 Å². The molecule has 0 aromatic heterocycles. The van der Waals surface area contributed by atoms with Gasteiger partial charge in [-0.15, -0.1) is 0 Å². The largest absolute Gasteiger partial charge is 0.444 e. The first-order valence-corrected chi connectivity index (χ1v) is 10.4. The first-order chi connectivity index (χ1) is 13.6. The Balaban J connectivity index is 2.61. The molecule has 0 aliphatic rings. The van der Waals surface area contributed by atoms with Crippen LogP contribution in [0.3, 0.4) is 0 Å². The number of amides is 1. The zero-order valence-corrected chi connectivity index (χ0v) is 19.1. The van der Waals surface area contributed by atoms with E-state index in [1.807, 2.05) is 27.7 Å². The van der Waals surface area contributed by atoms with Crippen molar-refractivity contribution in [3.05, 3.63) is 35.4 Å². The standard InChI is InChI=1S/C22H39N5O2/c1-8-23-20(24-13-14-25-21(28)29-22(4,5)6)26-15-18-11-9-10-12-19(18)16-27(7)17(2)3/h9-12,17H,8,13-16H2,1-7H3,(H,25,28)(H2,23,24,26). The first-order valence-electron chi connectivity index (χ1n) is 10.4. The first kappa shape index (κ1) is 24.8. The van der Waals surface area contributed by atoms with Crippen LogP contribution >= 0.6 is 0 Å². The Hall–Kier alpha value is -2.28. The molecule has 0 aliphatic carbocycles. The number of carbonyl (C=O) groups excluding carboxylic acids is 1. The number of hydrogen-bond donors (Lipinski definition) is 3. The fourth-order valence-electron chi connectivity index (χ4n) is 2.48. The van der Waals surface area contributed by atoms with Gasteiger partial charge in [-0.2, -0.15) is 0 Å². The van der Waals surface area contributed by atoms with Gasteiger partial charge in [0.15, 0.2) is 5.96 Å². The van der Waals surface area contributed by atoms with Gasteiger partial charge in [-0.3, -0.25) is 4.90 Å².